The van der Waals surface area contributed by atoms with Crippen LogP contribution in [0.5, 0.6) is 0 Å². The number of benzene rings is 1. The lowest BCUT2D eigenvalue weighted by molar-refractivity contribution is 0.276. The molecule has 1 aromatic heterocycles. The summed E-state index contributed by atoms with van der Waals surface area (Å²) in [5.41, 5.74) is 1.27. The molecule has 1 aromatic carbocycles. The van der Waals surface area contributed by atoms with Crippen LogP contribution >= 0.6 is 15.9 Å². The number of aliphatic hydroxyl groups is 1. The van der Waals surface area contributed by atoms with E-state index in [2.05, 4.69) is 26.2 Å². The molecule has 0 fully saturated rings. The summed E-state index contributed by atoms with van der Waals surface area (Å²) >= 11 is 3.18. The molecular weight excluding hydrogens is 277 g/mol. The van der Waals surface area contributed by atoms with E-state index in [0.717, 1.165) is 5.56 Å². The van der Waals surface area contributed by atoms with E-state index in [0.29, 0.717) is 16.7 Å². The number of nitrogens with zero attached hydrogens (tertiary/aromatic N) is 3. The molecule has 0 unspecified atom stereocenters. The van der Waals surface area contributed by atoms with Crippen molar-refractivity contribution in [3.63, 3.8) is 0 Å². The molecule has 84 valence electrons. The quantitative estimate of drug-likeness (QED) is 0.934. The lowest BCUT2D eigenvalue weighted by atomic mass is 10.2. The summed E-state index contributed by atoms with van der Waals surface area (Å²) < 4.78 is 15.2. The molecule has 1 heterocycles. The number of hydrogen-bond donors (Lipinski definition) is 1. The van der Waals surface area contributed by atoms with Gasteiger partial charge in [-0.3, -0.25) is 0 Å². The topological polar surface area (TPSA) is 50.9 Å². The van der Waals surface area contributed by atoms with Gasteiger partial charge in [-0.15, -0.1) is 5.10 Å². The highest BCUT2D eigenvalue weighted by Crippen LogP contribution is 2.20. The summed E-state index contributed by atoms with van der Waals surface area (Å²) in [7, 11) is 0. The molecule has 0 saturated heterocycles. The Bertz CT molecular complexity index is 501. The van der Waals surface area contributed by atoms with Gasteiger partial charge in [-0.1, -0.05) is 17.3 Å². The van der Waals surface area contributed by atoms with Crippen molar-refractivity contribution in [2.24, 2.45) is 0 Å². The fourth-order valence-electron chi connectivity index (χ4n) is 1.33. The molecule has 4 nitrogen and oxygen atoms in total. The summed E-state index contributed by atoms with van der Waals surface area (Å²) in [6.07, 6.45) is 1.62. The van der Waals surface area contributed by atoms with Crippen LogP contribution in [-0.4, -0.2) is 20.1 Å². The molecule has 0 atom stereocenters. The van der Waals surface area contributed by atoms with Gasteiger partial charge in [0.05, 0.1) is 23.8 Å². The highest BCUT2D eigenvalue weighted by atomic mass is 79.9. The molecule has 2 rings (SSSR count). The lowest BCUT2D eigenvalue weighted by Gasteiger charge is -2.04. The summed E-state index contributed by atoms with van der Waals surface area (Å²) in [5.74, 6) is -0.306. The molecule has 16 heavy (non-hydrogen) atoms. The average molecular weight is 286 g/mol. The second-order valence-corrected chi connectivity index (χ2v) is 4.07. The first-order valence-corrected chi connectivity index (χ1v) is 5.43. The molecule has 0 radical (unpaired) electrons. The molecule has 6 heteroatoms. The predicted molar refractivity (Wildman–Crippen MR) is 59.1 cm³/mol. The maximum Gasteiger partial charge on any atom is 0.137 e. The lowest BCUT2D eigenvalue weighted by Crippen LogP contribution is -2.02. The van der Waals surface area contributed by atoms with Crippen molar-refractivity contribution in [1.29, 1.82) is 0 Å². The van der Waals surface area contributed by atoms with Crippen LogP contribution in [0.15, 0.2) is 28.9 Å². The maximum absolute atomic E-state index is 13.2. The van der Waals surface area contributed by atoms with E-state index >= 15 is 0 Å². The highest BCUT2D eigenvalue weighted by molar-refractivity contribution is 9.10. The van der Waals surface area contributed by atoms with Crippen LogP contribution in [0.4, 0.5) is 4.39 Å². The summed E-state index contributed by atoms with van der Waals surface area (Å²) in [6.45, 7) is 0.260. The Hall–Kier alpha value is -1.27. The Kier molecular flexibility index (Phi) is 3.31. The average Bonchev–Trinajstić information content (AvgIpc) is 2.73. The summed E-state index contributed by atoms with van der Waals surface area (Å²) in [5, 5.41) is 16.4. The molecule has 0 aliphatic carbocycles. The molecule has 2 aromatic rings. The van der Waals surface area contributed by atoms with E-state index in [4.69, 9.17) is 5.11 Å². The fourth-order valence-corrected chi connectivity index (χ4v) is 1.72. The fraction of sp³-hybridized carbons (Fsp3) is 0.200. The standard InChI is InChI=1S/C10H9BrFN3O/c11-10-7(2-1-3-9(10)12)4-15-5-8(6-16)13-14-15/h1-3,5,16H,4,6H2. The monoisotopic (exact) mass is 285 g/mol. The first-order valence-electron chi connectivity index (χ1n) is 4.63. The van der Waals surface area contributed by atoms with E-state index in [-0.39, 0.29) is 12.4 Å². The zero-order chi connectivity index (χ0) is 11.5. The van der Waals surface area contributed by atoms with Crippen LogP contribution in [0.25, 0.3) is 0 Å². The maximum atomic E-state index is 13.2. The molecule has 0 spiro atoms. The van der Waals surface area contributed by atoms with Crippen molar-refractivity contribution in [3.05, 3.63) is 45.9 Å². The zero-order valence-corrected chi connectivity index (χ0v) is 9.85. The van der Waals surface area contributed by atoms with Gasteiger partial charge in [0.15, 0.2) is 0 Å². The Balaban J connectivity index is 2.23. The summed E-state index contributed by atoms with van der Waals surface area (Å²) in [4.78, 5) is 0. The molecule has 0 saturated carbocycles. The molecule has 0 amide bonds. The van der Waals surface area contributed by atoms with Gasteiger partial charge in [0.25, 0.3) is 0 Å². The van der Waals surface area contributed by atoms with Crippen LogP contribution in [0, 0.1) is 5.82 Å². The third kappa shape index (κ3) is 2.28. The first-order chi connectivity index (χ1) is 7.70. The predicted octanol–water partition coefficient (Wildman–Crippen LogP) is 1.72. The Morgan fingerprint density at radius 3 is 2.94 bits per heavy atom. The Labute approximate surface area is 99.8 Å². The van der Waals surface area contributed by atoms with Crippen LogP contribution in [-0.2, 0) is 13.2 Å². The number of halogens is 2. The second-order valence-electron chi connectivity index (χ2n) is 3.28. The minimum absolute atomic E-state index is 0.148. The van der Waals surface area contributed by atoms with E-state index in [9.17, 15) is 4.39 Å². The van der Waals surface area contributed by atoms with Gasteiger partial charge in [-0.25, -0.2) is 9.07 Å². The van der Waals surface area contributed by atoms with Gasteiger partial charge in [-0.05, 0) is 27.6 Å². The van der Waals surface area contributed by atoms with Crippen molar-refractivity contribution in [1.82, 2.24) is 15.0 Å². The highest BCUT2D eigenvalue weighted by Gasteiger charge is 2.07. The van der Waals surface area contributed by atoms with E-state index in [1.807, 2.05) is 0 Å². The number of hydrogen-bond acceptors (Lipinski definition) is 3. The Morgan fingerprint density at radius 2 is 2.25 bits per heavy atom. The third-order valence-electron chi connectivity index (χ3n) is 2.11. The van der Waals surface area contributed by atoms with Crippen LogP contribution in [0.3, 0.4) is 0 Å². The van der Waals surface area contributed by atoms with Gasteiger partial charge in [0.1, 0.15) is 11.5 Å². The van der Waals surface area contributed by atoms with E-state index in [1.54, 1.807) is 23.0 Å². The molecule has 0 aliphatic rings. The number of rotatable bonds is 3. The minimum atomic E-state index is -0.306. The molecular formula is C10H9BrFN3O. The molecule has 0 aliphatic heterocycles. The van der Waals surface area contributed by atoms with Crippen LogP contribution in [0.2, 0.25) is 0 Å². The largest absolute Gasteiger partial charge is 0.390 e. The van der Waals surface area contributed by atoms with Crippen LogP contribution in [0.1, 0.15) is 11.3 Å². The van der Waals surface area contributed by atoms with Gasteiger partial charge < -0.3 is 5.11 Å². The SMILES string of the molecule is OCc1cn(Cc2cccc(F)c2Br)nn1. The van der Waals surface area contributed by atoms with Crippen LogP contribution < -0.4 is 0 Å². The van der Waals surface area contributed by atoms with Gasteiger partial charge in [0.2, 0.25) is 0 Å². The van der Waals surface area contributed by atoms with E-state index < -0.39 is 0 Å². The van der Waals surface area contributed by atoms with Crippen molar-refractivity contribution in [3.8, 4) is 0 Å². The van der Waals surface area contributed by atoms with E-state index in [1.165, 1.54) is 6.07 Å². The molecule has 1 N–H and O–H groups in total. The second kappa shape index (κ2) is 4.71. The Morgan fingerprint density at radius 1 is 1.44 bits per heavy atom. The van der Waals surface area contributed by atoms with Crippen molar-refractivity contribution >= 4 is 15.9 Å². The normalized spacial score (nSPS) is 10.7. The third-order valence-corrected chi connectivity index (χ3v) is 3.00. The number of aliphatic hydroxyl groups excluding tert-OH is 1. The molecule has 0 bridgehead atoms. The first kappa shape index (κ1) is 11.2. The van der Waals surface area contributed by atoms with Gasteiger partial charge in [-0.2, -0.15) is 0 Å². The minimum Gasteiger partial charge on any atom is -0.390 e. The smallest absolute Gasteiger partial charge is 0.137 e. The van der Waals surface area contributed by atoms with Gasteiger partial charge >= 0.3 is 0 Å². The van der Waals surface area contributed by atoms with Gasteiger partial charge in [0, 0.05) is 0 Å². The number of aromatic nitrogens is 3. The zero-order valence-electron chi connectivity index (χ0n) is 8.27. The van der Waals surface area contributed by atoms with Crippen molar-refractivity contribution in [2.75, 3.05) is 0 Å². The summed E-state index contributed by atoms with van der Waals surface area (Å²) in [6, 6.07) is 4.82. The van der Waals surface area contributed by atoms with Crippen molar-refractivity contribution < 1.29 is 9.50 Å². The van der Waals surface area contributed by atoms with Crippen molar-refractivity contribution in [2.45, 2.75) is 13.2 Å².